The number of quaternary nitrogens is 1. The Labute approximate surface area is 173 Å². The van der Waals surface area contributed by atoms with Gasteiger partial charge >= 0.3 is 0 Å². The maximum atomic E-state index is 12.7. The van der Waals surface area contributed by atoms with Crippen molar-refractivity contribution < 1.29 is 19.2 Å². The molecule has 2 rings (SSSR count). The predicted octanol–water partition coefficient (Wildman–Crippen LogP) is 1.33. The first kappa shape index (κ1) is 22.4. The number of benzene rings is 2. The van der Waals surface area contributed by atoms with Gasteiger partial charge in [0.15, 0.2) is 13.1 Å². The highest BCUT2D eigenvalue weighted by Crippen LogP contribution is 2.24. The zero-order chi connectivity index (χ0) is 21.4. The van der Waals surface area contributed by atoms with Crippen molar-refractivity contribution in [3.63, 3.8) is 0 Å². The second-order valence-electron chi connectivity index (χ2n) is 8.29. The van der Waals surface area contributed by atoms with E-state index in [4.69, 9.17) is 4.74 Å². The Bertz CT molecular complexity index is 798. The van der Waals surface area contributed by atoms with E-state index in [-0.39, 0.29) is 36.5 Å². The number of methoxy groups -OCH3 is 1. The lowest BCUT2D eigenvalue weighted by Crippen LogP contribution is -3.11. The summed E-state index contributed by atoms with van der Waals surface area (Å²) in [6, 6.07) is 17.2. The van der Waals surface area contributed by atoms with Crippen molar-refractivity contribution in [2.75, 3.05) is 27.2 Å². The Kier molecular flexibility index (Phi) is 7.79. The molecule has 2 amide bonds. The summed E-state index contributed by atoms with van der Waals surface area (Å²) < 4.78 is 5.23. The van der Waals surface area contributed by atoms with E-state index in [1.807, 2.05) is 82.4 Å². The summed E-state index contributed by atoms with van der Waals surface area (Å²) in [5, 5.41) is 6.03. The van der Waals surface area contributed by atoms with Crippen LogP contribution in [0.15, 0.2) is 54.6 Å². The lowest BCUT2D eigenvalue weighted by molar-refractivity contribution is -0.862. The van der Waals surface area contributed by atoms with Gasteiger partial charge in [-0.1, -0.05) is 42.5 Å². The van der Waals surface area contributed by atoms with E-state index in [9.17, 15) is 9.59 Å². The van der Waals surface area contributed by atoms with Crippen molar-refractivity contribution in [2.45, 2.75) is 32.4 Å². The molecule has 0 radical (unpaired) electrons. The smallest absolute Gasteiger partial charge is 0.275 e. The van der Waals surface area contributed by atoms with Gasteiger partial charge in [0.2, 0.25) is 0 Å². The monoisotopic (exact) mass is 398 g/mol. The molecule has 2 atom stereocenters. The molecule has 6 nitrogen and oxygen atoms in total. The lowest BCUT2D eigenvalue weighted by Gasteiger charge is -2.23. The second kappa shape index (κ2) is 10.1. The molecule has 0 aliphatic carbocycles. The molecule has 2 aromatic carbocycles. The molecule has 6 heteroatoms. The van der Waals surface area contributed by atoms with Gasteiger partial charge in [-0.05, 0) is 44.0 Å². The molecule has 0 heterocycles. The van der Waals surface area contributed by atoms with Crippen LogP contribution in [0.2, 0.25) is 0 Å². The average Bonchev–Trinajstić information content (AvgIpc) is 2.65. The molecule has 0 saturated heterocycles. The average molecular weight is 399 g/mol. The molecule has 2 aromatic rings. The number of rotatable bonds is 8. The highest BCUT2D eigenvalue weighted by molar-refractivity contribution is 5.79. The van der Waals surface area contributed by atoms with Gasteiger partial charge in [0.1, 0.15) is 5.75 Å². The number of ether oxygens (including phenoxy) is 1. The third kappa shape index (κ3) is 7.58. The normalized spacial score (nSPS) is 13.3. The number of hydrogen-bond acceptors (Lipinski definition) is 3. The van der Waals surface area contributed by atoms with Crippen molar-refractivity contribution in [1.29, 1.82) is 0 Å². The zero-order valence-electron chi connectivity index (χ0n) is 17.9. The molecule has 0 fully saturated rings. The molecule has 0 saturated carbocycles. The summed E-state index contributed by atoms with van der Waals surface area (Å²) in [5.74, 6) is 0.578. The molecule has 29 heavy (non-hydrogen) atoms. The van der Waals surface area contributed by atoms with E-state index < -0.39 is 0 Å². The minimum atomic E-state index is -0.285. The third-order valence-corrected chi connectivity index (χ3v) is 4.33. The molecule has 156 valence electrons. The van der Waals surface area contributed by atoms with E-state index in [1.165, 1.54) is 0 Å². The van der Waals surface area contributed by atoms with Crippen molar-refractivity contribution in [3.05, 3.63) is 65.7 Å². The Morgan fingerprint density at radius 1 is 0.931 bits per heavy atom. The fraction of sp³-hybridized carbons (Fsp3) is 0.391. The maximum Gasteiger partial charge on any atom is 0.275 e. The molecule has 0 bridgehead atoms. The molecule has 0 aromatic heterocycles. The van der Waals surface area contributed by atoms with Gasteiger partial charge in [-0.25, -0.2) is 0 Å². The van der Waals surface area contributed by atoms with Crippen LogP contribution in [-0.4, -0.2) is 44.6 Å². The molecule has 0 aliphatic heterocycles. The van der Waals surface area contributed by atoms with Crippen molar-refractivity contribution in [3.8, 4) is 5.75 Å². The van der Waals surface area contributed by atoms with E-state index in [2.05, 4.69) is 10.6 Å². The summed E-state index contributed by atoms with van der Waals surface area (Å²) in [4.78, 5) is 25.6. The first-order valence-electron chi connectivity index (χ1n) is 9.78. The zero-order valence-corrected chi connectivity index (χ0v) is 17.9. The predicted molar refractivity (Wildman–Crippen MR) is 114 cm³/mol. The number of amides is 2. The standard InChI is InChI=1S/C23H31N3O3/c1-23(2,3)25-21(28)16-26(4)15-20(27)24-22(17-9-7-6-8-10-17)18-11-13-19(29-5)14-12-18/h6-14,22H,15-16H2,1-5H3,(H,24,27)(H,25,28)/p+1/t22-/m1/s1. The molecule has 3 N–H and O–H groups in total. The molecular formula is C23H32N3O3+. The Hall–Kier alpha value is -2.86. The van der Waals surface area contributed by atoms with Crippen LogP contribution in [0.1, 0.15) is 37.9 Å². The number of carbonyl (C=O) groups is 2. The molecule has 1 unspecified atom stereocenters. The van der Waals surface area contributed by atoms with Crippen LogP contribution in [0.25, 0.3) is 0 Å². The van der Waals surface area contributed by atoms with Gasteiger partial charge in [0, 0.05) is 5.54 Å². The second-order valence-corrected chi connectivity index (χ2v) is 8.29. The third-order valence-electron chi connectivity index (χ3n) is 4.33. The van der Waals surface area contributed by atoms with E-state index >= 15 is 0 Å². The van der Waals surface area contributed by atoms with Crippen LogP contribution in [0.3, 0.4) is 0 Å². The van der Waals surface area contributed by atoms with Crippen LogP contribution in [0.5, 0.6) is 5.75 Å². The Morgan fingerprint density at radius 2 is 1.48 bits per heavy atom. The fourth-order valence-electron chi connectivity index (χ4n) is 3.09. The summed E-state index contributed by atoms with van der Waals surface area (Å²) in [7, 11) is 3.46. The lowest BCUT2D eigenvalue weighted by atomic mass is 9.98. The quantitative estimate of drug-likeness (QED) is 0.628. The van der Waals surface area contributed by atoms with E-state index in [0.29, 0.717) is 0 Å². The fourth-order valence-corrected chi connectivity index (χ4v) is 3.09. The van der Waals surface area contributed by atoms with Gasteiger partial charge in [-0.15, -0.1) is 0 Å². The summed E-state index contributed by atoms with van der Waals surface area (Å²) in [6.45, 7) is 6.25. The number of carbonyl (C=O) groups excluding carboxylic acids is 2. The summed E-state index contributed by atoms with van der Waals surface area (Å²) in [6.07, 6.45) is 0. The van der Waals surface area contributed by atoms with Crippen LogP contribution in [0.4, 0.5) is 0 Å². The topological polar surface area (TPSA) is 71.9 Å². The molecular weight excluding hydrogens is 366 g/mol. The maximum absolute atomic E-state index is 12.7. The van der Waals surface area contributed by atoms with Gasteiger partial charge in [0.05, 0.1) is 20.2 Å². The molecule has 0 aliphatic rings. The first-order chi connectivity index (χ1) is 13.7. The van der Waals surface area contributed by atoms with Crippen LogP contribution < -0.4 is 20.3 Å². The minimum absolute atomic E-state index is 0.0717. The van der Waals surface area contributed by atoms with E-state index in [1.54, 1.807) is 7.11 Å². The van der Waals surface area contributed by atoms with Gasteiger partial charge in [-0.3, -0.25) is 9.59 Å². The largest absolute Gasteiger partial charge is 0.497 e. The van der Waals surface area contributed by atoms with Crippen molar-refractivity contribution in [2.24, 2.45) is 0 Å². The van der Waals surface area contributed by atoms with Crippen molar-refractivity contribution >= 4 is 11.8 Å². The Balaban J connectivity index is 2.06. The summed E-state index contributed by atoms with van der Waals surface area (Å²) in [5.41, 5.74) is 1.68. The Morgan fingerprint density at radius 3 is 2.03 bits per heavy atom. The van der Waals surface area contributed by atoms with Crippen LogP contribution >= 0.6 is 0 Å². The number of hydrogen-bond donors (Lipinski definition) is 3. The van der Waals surface area contributed by atoms with E-state index in [0.717, 1.165) is 21.8 Å². The summed E-state index contributed by atoms with van der Waals surface area (Å²) >= 11 is 0. The minimum Gasteiger partial charge on any atom is -0.497 e. The van der Waals surface area contributed by atoms with Crippen LogP contribution in [0, 0.1) is 0 Å². The first-order valence-corrected chi connectivity index (χ1v) is 9.78. The molecule has 0 spiro atoms. The van der Waals surface area contributed by atoms with Gasteiger partial charge in [0.25, 0.3) is 11.8 Å². The highest BCUT2D eigenvalue weighted by Gasteiger charge is 2.21. The SMILES string of the molecule is COc1ccc([C@H](NC(=O)C[NH+](C)CC(=O)NC(C)(C)C)c2ccccc2)cc1. The number of likely N-dealkylation sites (N-methyl/N-ethyl adjacent to an activating group) is 1. The van der Waals surface area contributed by atoms with Crippen LogP contribution in [-0.2, 0) is 9.59 Å². The highest BCUT2D eigenvalue weighted by atomic mass is 16.5. The van der Waals surface area contributed by atoms with Gasteiger partial charge in [-0.2, -0.15) is 0 Å². The van der Waals surface area contributed by atoms with Gasteiger partial charge < -0.3 is 20.3 Å². The van der Waals surface area contributed by atoms with Crippen molar-refractivity contribution in [1.82, 2.24) is 10.6 Å². The number of nitrogens with one attached hydrogen (secondary N) is 3.